The fourth-order valence-electron chi connectivity index (χ4n) is 2.21. The highest BCUT2D eigenvalue weighted by molar-refractivity contribution is 9.10. The molecule has 17 heavy (non-hydrogen) atoms. The zero-order valence-electron chi connectivity index (χ0n) is 9.90. The van der Waals surface area contributed by atoms with Gasteiger partial charge in [-0.3, -0.25) is 4.79 Å². The van der Waals surface area contributed by atoms with Crippen molar-refractivity contribution in [3.05, 3.63) is 47.0 Å². The first kappa shape index (κ1) is 12.4. The number of likely N-dealkylation sites (tertiary alicyclic amines) is 1. The van der Waals surface area contributed by atoms with Crippen LogP contribution in [0.1, 0.15) is 24.9 Å². The Labute approximate surface area is 110 Å². The molecule has 2 nitrogen and oxygen atoms in total. The summed E-state index contributed by atoms with van der Waals surface area (Å²) in [7, 11) is 0. The first-order chi connectivity index (χ1) is 8.11. The molecule has 1 amide bonds. The van der Waals surface area contributed by atoms with Gasteiger partial charge in [0.05, 0.1) is 6.04 Å². The van der Waals surface area contributed by atoms with Crippen LogP contribution < -0.4 is 0 Å². The summed E-state index contributed by atoms with van der Waals surface area (Å²) in [6.45, 7) is 6.64. The molecule has 0 spiro atoms. The third kappa shape index (κ3) is 2.60. The van der Waals surface area contributed by atoms with Crippen LogP contribution in [0.25, 0.3) is 0 Å². The Morgan fingerprint density at radius 2 is 2.12 bits per heavy atom. The van der Waals surface area contributed by atoms with Crippen LogP contribution in [0.4, 0.5) is 0 Å². The van der Waals surface area contributed by atoms with E-state index in [2.05, 4.69) is 41.6 Å². The molecule has 0 saturated carbocycles. The third-order valence-electron chi connectivity index (χ3n) is 3.34. The van der Waals surface area contributed by atoms with E-state index in [0.29, 0.717) is 12.3 Å². The lowest BCUT2D eigenvalue weighted by Gasteiger charge is -2.25. The van der Waals surface area contributed by atoms with Crippen molar-refractivity contribution in [2.45, 2.75) is 19.4 Å². The summed E-state index contributed by atoms with van der Waals surface area (Å²) in [6.07, 6.45) is 2.48. The van der Waals surface area contributed by atoms with Gasteiger partial charge in [0.1, 0.15) is 0 Å². The van der Waals surface area contributed by atoms with Gasteiger partial charge in [-0.1, -0.05) is 34.1 Å². The molecule has 1 heterocycles. The number of hydrogen-bond acceptors (Lipinski definition) is 1. The van der Waals surface area contributed by atoms with Crippen molar-refractivity contribution < 1.29 is 4.79 Å². The lowest BCUT2D eigenvalue weighted by molar-refractivity contribution is -0.129. The molecular weight excluding hydrogens is 278 g/mol. The number of rotatable bonds is 3. The van der Waals surface area contributed by atoms with Crippen LogP contribution in [0.5, 0.6) is 0 Å². The highest BCUT2D eigenvalue weighted by Gasteiger charge is 2.31. The molecule has 2 unspecified atom stereocenters. The molecule has 1 aromatic rings. The quantitative estimate of drug-likeness (QED) is 0.781. The van der Waals surface area contributed by atoms with E-state index in [1.54, 1.807) is 0 Å². The van der Waals surface area contributed by atoms with Gasteiger partial charge in [0.2, 0.25) is 5.91 Å². The van der Waals surface area contributed by atoms with E-state index in [1.807, 2.05) is 23.1 Å². The molecule has 1 saturated heterocycles. The normalized spacial score (nSPS) is 21.6. The summed E-state index contributed by atoms with van der Waals surface area (Å²) in [5.41, 5.74) is 1.17. The molecular formula is C14H16BrNO. The molecule has 90 valence electrons. The van der Waals surface area contributed by atoms with Gasteiger partial charge in [0, 0.05) is 23.4 Å². The van der Waals surface area contributed by atoms with Gasteiger partial charge in [-0.2, -0.15) is 0 Å². The number of carbonyl (C=O) groups is 1. The Bertz CT molecular complexity index is 426. The molecule has 1 aromatic carbocycles. The molecule has 2 rings (SSSR count). The van der Waals surface area contributed by atoms with E-state index in [-0.39, 0.29) is 11.9 Å². The lowest BCUT2D eigenvalue weighted by atomic mass is 10.1. The Kier molecular flexibility index (Phi) is 3.67. The summed E-state index contributed by atoms with van der Waals surface area (Å²) >= 11 is 3.42. The van der Waals surface area contributed by atoms with Crippen LogP contribution in [-0.4, -0.2) is 17.4 Å². The van der Waals surface area contributed by atoms with Crippen molar-refractivity contribution in [1.29, 1.82) is 0 Å². The van der Waals surface area contributed by atoms with Gasteiger partial charge in [0.25, 0.3) is 0 Å². The van der Waals surface area contributed by atoms with Crippen LogP contribution in [0.15, 0.2) is 41.4 Å². The maximum absolute atomic E-state index is 11.9. The maximum Gasteiger partial charge on any atom is 0.223 e. The summed E-state index contributed by atoms with van der Waals surface area (Å²) in [6, 6.07) is 8.28. The zero-order valence-corrected chi connectivity index (χ0v) is 11.5. The van der Waals surface area contributed by atoms with Crippen LogP contribution in [0, 0.1) is 5.92 Å². The van der Waals surface area contributed by atoms with Crippen LogP contribution in [-0.2, 0) is 4.79 Å². The summed E-state index contributed by atoms with van der Waals surface area (Å²) < 4.78 is 1.06. The predicted octanol–water partition coefficient (Wildman–Crippen LogP) is 3.54. The van der Waals surface area contributed by atoms with Gasteiger partial charge in [0.15, 0.2) is 0 Å². The molecule has 0 aromatic heterocycles. The van der Waals surface area contributed by atoms with Gasteiger partial charge < -0.3 is 4.90 Å². The Morgan fingerprint density at radius 1 is 1.47 bits per heavy atom. The van der Waals surface area contributed by atoms with Crippen LogP contribution in [0.3, 0.4) is 0 Å². The third-order valence-corrected chi connectivity index (χ3v) is 3.87. The average Bonchev–Trinajstić information content (AvgIpc) is 2.71. The Balaban J connectivity index is 2.15. The number of amides is 1. The van der Waals surface area contributed by atoms with Gasteiger partial charge in [-0.25, -0.2) is 0 Å². The van der Waals surface area contributed by atoms with E-state index < -0.39 is 0 Å². The minimum absolute atomic E-state index is 0.139. The van der Waals surface area contributed by atoms with Crippen molar-refractivity contribution >= 4 is 21.8 Å². The van der Waals surface area contributed by atoms with Gasteiger partial charge in [-0.05, 0) is 24.6 Å². The van der Waals surface area contributed by atoms with E-state index >= 15 is 0 Å². The molecule has 0 radical (unpaired) electrons. The number of benzene rings is 1. The van der Waals surface area contributed by atoms with Crippen molar-refractivity contribution in [3.8, 4) is 0 Å². The van der Waals surface area contributed by atoms with E-state index in [0.717, 1.165) is 11.0 Å². The molecule has 3 heteroatoms. The highest BCUT2D eigenvalue weighted by atomic mass is 79.9. The second-order valence-electron chi connectivity index (χ2n) is 4.47. The highest BCUT2D eigenvalue weighted by Crippen LogP contribution is 2.29. The van der Waals surface area contributed by atoms with Crippen molar-refractivity contribution in [2.75, 3.05) is 6.54 Å². The lowest BCUT2D eigenvalue weighted by Crippen LogP contribution is -2.28. The first-order valence-corrected chi connectivity index (χ1v) is 6.58. The molecule has 1 fully saturated rings. The van der Waals surface area contributed by atoms with Crippen LogP contribution >= 0.6 is 15.9 Å². The average molecular weight is 294 g/mol. The topological polar surface area (TPSA) is 20.3 Å². The Morgan fingerprint density at radius 3 is 2.65 bits per heavy atom. The fourth-order valence-corrected chi connectivity index (χ4v) is 2.48. The van der Waals surface area contributed by atoms with E-state index in [9.17, 15) is 4.79 Å². The monoisotopic (exact) mass is 293 g/mol. The second-order valence-corrected chi connectivity index (χ2v) is 5.39. The molecule has 1 aliphatic rings. The molecule has 2 atom stereocenters. The van der Waals surface area contributed by atoms with E-state index in [4.69, 9.17) is 0 Å². The molecule has 1 aliphatic heterocycles. The SMILES string of the molecule is C=CC1CC(=O)N(C(C)c2ccc(Br)cc2)C1. The standard InChI is InChI=1S/C14H16BrNO/c1-3-11-8-14(17)16(9-11)10(2)12-4-6-13(15)7-5-12/h3-7,10-11H,1,8-9H2,2H3. The van der Waals surface area contributed by atoms with Crippen LogP contribution in [0.2, 0.25) is 0 Å². The van der Waals surface area contributed by atoms with Gasteiger partial charge >= 0.3 is 0 Å². The number of halogens is 1. The number of nitrogens with zero attached hydrogens (tertiary/aromatic N) is 1. The largest absolute Gasteiger partial charge is 0.335 e. The molecule has 0 bridgehead atoms. The Hall–Kier alpha value is -1.09. The van der Waals surface area contributed by atoms with Crippen molar-refractivity contribution in [1.82, 2.24) is 4.90 Å². The number of hydrogen-bond donors (Lipinski definition) is 0. The zero-order chi connectivity index (χ0) is 12.4. The summed E-state index contributed by atoms with van der Waals surface area (Å²) in [5, 5.41) is 0. The minimum atomic E-state index is 0.139. The molecule has 0 N–H and O–H groups in total. The fraction of sp³-hybridized carbons (Fsp3) is 0.357. The summed E-state index contributed by atoms with van der Waals surface area (Å²) in [4.78, 5) is 13.8. The smallest absolute Gasteiger partial charge is 0.223 e. The summed E-state index contributed by atoms with van der Waals surface area (Å²) in [5.74, 6) is 0.533. The second kappa shape index (κ2) is 5.05. The maximum atomic E-state index is 11.9. The van der Waals surface area contributed by atoms with E-state index in [1.165, 1.54) is 5.56 Å². The number of carbonyl (C=O) groups excluding carboxylic acids is 1. The minimum Gasteiger partial charge on any atom is -0.335 e. The first-order valence-electron chi connectivity index (χ1n) is 5.79. The van der Waals surface area contributed by atoms with Gasteiger partial charge in [-0.15, -0.1) is 6.58 Å². The van der Waals surface area contributed by atoms with Crippen molar-refractivity contribution in [2.24, 2.45) is 5.92 Å². The predicted molar refractivity (Wildman–Crippen MR) is 72.6 cm³/mol. The van der Waals surface area contributed by atoms with Crippen molar-refractivity contribution in [3.63, 3.8) is 0 Å². The molecule has 0 aliphatic carbocycles.